The number of anilines is 3. The second-order valence-electron chi connectivity index (χ2n) is 6.15. The third kappa shape index (κ3) is 2.49. The summed E-state index contributed by atoms with van der Waals surface area (Å²) in [5.74, 6) is 1.27. The standard InChI is InChI=1S/C15H24N4O3/c16-12-4-5-13(19-8-2-6-15(19,22)10-21)17-14(12)18-7-1-3-11(18)9-20/h4-5,11,20-22H,1-3,6-10,16H2. The Morgan fingerprint density at radius 3 is 2.82 bits per heavy atom. The lowest BCUT2D eigenvalue weighted by Crippen LogP contribution is -2.47. The number of rotatable bonds is 4. The Morgan fingerprint density at radius 1 is 1.27 bits per heavy atom. The molecule has 0 spiro atoms. The molecule has 7 nitrogen and oxygen atoms in total. The average molecular weight is 308 g/mol. The van der Waals surface area contributed by atoms with Gasteiger partial charge < -0.3 is 30.9 Å². The van der Waals surface area contributed by atoms with Crippen LogP contribution in [0.15, 0.2) is 12.1 Å². The Labute approximate surface area is 130 Å². The van der Waals surface area contributed by atoms with E-state index in [1.807, 2.05) is 4.90 Å². The molecule has 3 rings (SSSR count). The molecule has 7 heteroatoms. The molecule has 2 atom stereocenters. The highest BCUT2D eigenvalue weighted by Gasteiger charge is 2.39. The second kappa shape index (κ2) is 5.91. The normalized spacial score (nSPS) is 28.6. The van der Waals surface area contributed by atoms with Crippen LogP contribution in [0, 0.1) is 0 Å². The fourth-order valence-corrected chi connectivity index (χ4v) is 3.49. The molecule has 0 amide bonds. The van der Waals surface area contributed by atoms with E-state index in [-0.39, 0.29) is 19.3 Å². The summed E-state index contributed by atoms with van der Waals surface area (Å²) in [4.78, 5) is 8.39. The highest BCUT2D eigenvalue weighted by Crippen LogP contribution is 2.35. The molecule has 1 aromatic rings. The van der Waals surface area contributed by atoms with Gasteiger partial charge in [-0.15, -0.1) is 0 Å². The molecule has 0 aromatic carbocycles. The quantitative estimate of drug-likeness (QED) is 0.616. The Hall–Kier alpha value is -1.57. The SMILES string of the molecule is Nc1ccc(N2CCCC2(O)CO)nc1N1CCCC1CO. The number of aromatic nitrogens is 1. The van der Waals surface area contributed by atoms with Crippen LogP contribution in [-0.2, 0) is 0 Å². The molecule has 0 saturated carbocycles. The monoisotopic (exact) mass is 308 g/mol. The molecule has 0 bridgehead atoms. The summed E-state index contributed by atoms with van der Waals surface area (Å²) in [5, 5.41) is 29.5. The van der Waals surface area contributed by atoms with Crippen LogP contribution in [0.2, 0.25) is 0 Å². The number of hydrogen-bond donors (Lipinski definition) is 4. The van der Waals surface area contributed by atoms with Crippen LogP contribution in [0.25, 0.3) is 0 Å². The van der Waals surface area contributed by atoms with Crippen LogP contribution >= 0.6 is 0 Å². The minimum atomic E-state index is -1.25. The van der Waals surface area contributed by atoms with E-state index >= 15 is 0 Å². The molecule has 3 heterocycles. The largest absolute Gasteiger partial charge is 0.396 e. The van der Waals surface area contributed by atoms with E-state index in [1.54, 1.807) is 17.0 Å². The molecule has 2 saturated heterocycles. The van der Waals surface area contributed by atoms with Crippen molar-refractivity contribution in [3.8, 4) is 0 Å². The first-order valence-corrected chi connectivity index (χ1v) is 7.84. The van der Waals surface area contributed by atoms with Gasteiger partial charge in [-0.2, -0.15) is 0 Å². The van der Waals surface area contributed by atoms with Gasteiger partial charge in [0.1, 0.15) is 5.82 Å². The fraction of sp³-hybridized carbons (Fsp3) is 0.667. The molecule has 2 aliphatic heterocycles. The van der Waals surface area contributed by atoms with E-state index in [0.717, 1.165) is 25.8 Å². The van der Waals surface area contributed by atoms with Crippen LogP contribution in [0.3, 0.4) is 0 Å². The zero-order valence-electron chi connectivity index (χ0n) is 12.6. The van der Waals surface area contributed by atoms with Crippen molar-refractivity contribution in [2.45, 2.75) is 37.5 Å². The highest BCUT2D eigenvalue weighted by atomic mass is 16.4. The number of pyridine rings is 1. The van der Waals surface area contributed by atoms with Gasteiger partial charge in [0.05, 0.1) is 24.9 Å². The highest BCUT2D eigenvalue weighted by molar-refractivity contribution is 5.67. The third-order valence-corrected chi connectivity index (χ3v) is 4.74. The summed E-state index contributed by atoms with van der Waals surface area (Å²) < 4.78 is 0. The van der Waals surface area contributed by atoms with Crippen molar-refractivity contribution < 1.29 is 15.3 Å². The molecule has 5 N–H and O–H groups in total. The minimum Gasteiger partial charge on any atom is -0.396 e. The summed E-state index contributed by atoms with van der Waals surface area (Å²) in [6.45, 7) is 1.22. The van der Waals surface area contributed by atoms with Gasteiger partial charge in [0.2, 0.25) is 0 Å². The fourth-order valence-electron chi connectivity index (χ4n) is 3.49. The molecular formula is C15H24N4O3. The summed E-state index contributed by atoms with van der Waals surface area (Å²) in [6, 6.07) is 3.59. The molecule has 2 aliphatic rings. The van der Waals surface area contributed by atoms with Crippen LogP contribution in [0.4, 0.5) is 17.3 Å². The Balaban J connectivity index is 1.93. The summed E-state index contributed by atoms with van der Waals surface area (Å²) in [5.41, 5.74) is 5.39. The molecule has 22 heavy (non-hydrogen) atoms. The van der Waals surface area contributed by atoms with Crippen molar-refractivity contribution in [2.75, 3.05) is 41.8 Å². The smallest absolute Gasteiger partial charge is 0.162 e. The summed E-state index contributed by atoms with van der Waals surface area (Å²) in [6.07, 6.45) is 3.25. The zero-order chi connectivity index (χ0) is 15.7. The van der Waals surface area contributed by atoms with E-state index < -0.39 is 5.72 Å². The van der Waals surface area contributed by atoms with Crippen molar-refractivity contribution in [1.29, 1.82) is 0 Å². The van der Waals surface area contributed by atoms with Crippen LogP contribution < -0.4 is 15.5 Å². The van der Waals surface area contributed by atoms with E-state index in [4.69, 9.17) is 5.73 Å². The van der Waals surface area contributed by atoms with Gasteiger partial charge >= 0.3 is 0 Å². The first-order chi connectivity index (χ1) is 10.6. The van der Waals surface area contributed by atoms with E-state index in [2.05, 4.69) is 4.98 Å². The van der Waals surface area contributed by atoms with Crippen molar-refractivity contribution in [2.24, 2.45) is 0 Å². The van der Waals surface area contributed by atoms with Crippen LogP contribution in [0.5, 0.6) is 0 Å². The first kappa shape index (κ1) is 15.3. The Morgan fingerprint density at radius 2 is 2.09 bits per heavy atom. The first-order valence-electron chi connectivity index (χ1n) is 7.84. The Bertz CT molecular complexity index is 542. The molecule has 122 valence electrons. The number of nitrogens with two attached hydrogens (primary N) is 1. The number of nitrogens with zero attached hydrogens (tertiary/aromatic N) is 3. The lowest BCUT2D eigenvalue weighted by molar-refractivity contribution is -0.00544. The van der Waals surface area contributed by atoms with E-state index in [9.17, 15) is 15.3 Å². The maximum Gasteiger partial charge on any atom is 0.162 e. The van der Waals surface area contributed by atoms with Crippen LogP contribution in [0.1, 0.15) is 25.7 Å². The van der Waals surface area contributed by atoms with Gasteiger partial charge in [0.15, 0.2) is 11.5 Å². The predicted octanol–water partition coefficient (Wildman–Crippen LogP) is -0.0940. The number of hydrogen-bond acceptors (Lipinski definition) is 7. The van der Waals surface area contributed by atoms with Gasteiger partial charge in [-0.3, -0.25) is 0 Å². The summed E-state index contributed by atoms with van der Waals surface area (Å²) >= 11 is 0. The van der Waals surface area contributed by atoms with E-state index in [0.29, 0.717) is 30.3 Å². The molecule has 2 unspecified atom stereocenters. The van der Waals surface area contributed by atoms with Crippen molar-refractivity contribution in [3.63, 3.8) is 0 Å². The van der Waals surface area contributed by atoms with Crippen LogP contribution in [-0.4, -0.2) is 58.4 Å². The topological polar surface area (TPSA) is 106 Å². The van der Waals surface area contributed by atoms with Gasteiger partial charge in [0.25, 0.3) is 0 Å². The van der Waals surface area contributed by atoms with E-state index in [1.165, 1.54) is 0 Å². The lowest BCUT2D eigenvalue weighted by Gasteiger charge is -2.34. The minimum absolute atomic E-state index is 0.0420. The predicted molar refractivity (Wildman–Crippen MR) is 84.7 cm³/mol. The molecule has 1 aromatic heterocycles. The van der Waals surface area contributed by atoms with Gasteiger partial charge in [-0.25, -0.2) is 4.98 Å². The lowest BCUT2D eigenvalue weighted by atomic mass is 10.1. The second-order valence-corrected chi connectivity index (χ2v) is 6.15. The van der Waals surface area contributed by atoms with Gasteiger partial charge in [-0.1, -0.05) is 0 Å². The maximum atomic E-state index is 10.5. The molecule has 0 radical (unpaired) electrons. The number of aliphatic hydroxyl groups excluding tert-OH is 2. The summed E-state index contributed by atoms with van der Waals surface area (Å²) in [7, 11) is 0. The maximum absolute atomic E-state index is 10.5. The molecule has 2 fully saturated rings. The Kier molecular flexibility index (Phi) is 4.12. The van der Waals surface area contributed by atoms with Gasteiger partial charge in [-0.05, 0) is 37.8 Å². The molecular weight excluding hydrogens is 284 g/mol. The molecule has 0 aliphatic carbocycles. The van der Waals surface area contributed by atoms with Gasteiger partial charge in [0, 0.05) is 13.1 Å². The number of nitrogen functional groups attached to an aromatic ring is 1. The zero-order valence-corrected chi connectivity index (χ0v) is 12.6. The van der Waals surface area contributed by atoms with Crippen molar-refractivity contribution >= 4 is 17.3 Å². The number of aliphatic hydroxyl groups is 3. The van der Waals surface area contributed by atoms with Crippen molar-refractivity contribution in [1.82, 2.24) is 4.98 Å². The van der Waals surface area contributed by atoms with Crippen molar-refractivity contribution in [3.05, 3.63) is 12.1 Å². The average Bonchev–Trinajstić information content (AvgIpc) is 3.15. The third-order valence-electron chi connectivity index (χ3n) is 4.74.